The molecule has 0 saturated carbocycles. The van der Waals surface area contributed by atoms with Gasteiger partial charge in [0, 0.05) is 6.54 Å². The summed E-state index contributed by atoms with van der Waals surface area (Å²) in [6, 6.07) is 20.0. The number of hydrogen-bond donors (Lipinski definition) is 1. The molecule has 0 radical (unpaired) electrons. The second kappa shape index (κ2) is 9.54. The largest absolute Gasteiger partial charge is 0.468 e. The van der Waals surface area contributed by atoms with Crippen LogP contribution in [-0.2, 0) is 9.53 Å². The SMILES string of the molecule is COC(=O)[C@H](C#N)c1nc2ccccc2nc1NC[C@@H](c1ccccc1)N1CCCC1. The van der Waals surface area contributed by atoms with Crippen LogP contribution in [0, 0.1) is 11.3 Å². The topological polar surface area (TPSA) is 91.1 Å². The maximum atomic E-state index is 12.3. The Balaban J connectivity index is 1.69. The van der Waals surface area contributed by atoms with Crippen LogP contribution in [0.3, 0.4) is 0 Å². The molecule has 7 heteroatoms. The lowest BCUT2D eigenvalue weighted by Gasteiger charge is -2.28. The predicted molar refractivity (Wildman–Crippen MR) is 118 cm³/mol. The van der Waals surface area contributed by atoms with Gasteiger partial charge in [-0.1, -0.05) is 42.5 Å². The molecule has 0 unspecified atom stereocenters. The zero-order chi connectivity index (χ0) is 21.6. The van der Waals surface area contributed by atoms with E-state index in [1.54, 1.807) is 0 Å². The molecule has 1 aromatic heterocycles. The number of para-hydroxylation sites is 2. The fourth-order valence-electron chi connectivity index (χ4n) is 4.07. The number of carbonyl (C=O) groups is 1. The van der Waals surface area contributed by atoms with Crippen LogP contribution in [0.4, 0.5) is 5.82 Å². The zero-order valence-electron chi connectivity index (χ0n) is 17.5. The smallest absolute Gasteiger partial charge is 0.329 e. The van der Waals surface area contributed by atoms with Crippen LogP contribution in [0.2, 0.25) is 0 Å². The summed E-state index contributed by atoms with van der Waals surface area (Å²) < 4.78 is 4.84. The van der Waals surface area contributed by atoms with Crippen molar-refractivity contribution in [3.8, 4) is 6.07 Å². The number of benzene rings is 2. The fraction of sp³-hybridized carbons (Fsp3) is 0.333. The summed E-state index contributed by atoms with van der Waals surface area (Å²) >= 11 is 0. The second-order valence-corrected chi connectivity index (χ2v) is 7.58. The van der Waals surface area contributed by atoms with E-state index in [9.17, 15) is 10.1 Å². The Morgan fingerprint density at radius 3 is 2.39 bits per heavy atom. The lowest BCUT2D eigenvalue weighted by molar-refractivity contribution is -0.141. The molecule has 0 amide bonds. The summed E-state index contributed by atoms with van der Waals surface area (Å²) in [6.07, 6.45) is 2.37. The number of anilines is 1. The Hall–Kier alpha value is -3.50. The number of likely N-dealkylation sites (tertiary alicyclic amines) is 1. The summed E-state index contributed by atoms with van der Waals surface area (Å²) in [4.78, 5) is 24.0. The van der Waals surface area contributed by atoms with E-state index in [0.29, 0.717) is 29.1 Å². The summed E-state index contributed by atoms with van der Waals surface area (Å²) in [6.45, 7) is 2.67. The molecule has 2 aromatic carbocycles. The van der Waals surface area contributed by atoms with Gasteiger partial charge in [0.15, 0.2) is 11.7 Å². The lowest BCUT2D eigenvalue weighted by Crippen LogP contribution is -2.31. The van der Waals surface area contributed by atoms with E-state index in [4.69, 9.17) is 9.72 Å². The van der Waals surface area contributed by atoms with Gasteiger partial charge in [0.25, 0.3) is 0 Å². The molecule has 1 N–H and O–H groups in total. The highest BCUT2D eigenvalue weighted by Crippen LogP contribution is 2.28. The van der Waals surface area contributed by atoms with Gasteiger partial charge >= 0.3 is 5.97 Å². The number of hydrogen-bond acceptors (Lipinski definition) is 7. The van der Waals surface area contributed by atoms with Crippen molar-refractivity contribution in [3.05, 3.63) is 65.9 Å². The molecule has 1 aliphatic heterocycles. The normalized spacial score (nSPS) is 15.9. The number of nitrogens with one attached hydrogen (secondary N) is 1. The molecule has 4 rings (SSSR count). The quantitative estimate of drug-likeness (QED) is 0.589. The van der Waals surface area contributed by atoms with E-state index in [1.165, 1.54) is 25.5 Å². The molecular weight excluding hydrogens is 390 g/mol. The lowest BCUT2D eigenvalue weighted by atomic mass is 10.0. The van der Waals surface area contributed by atoms with Crippen LogP contribution in [0.15, 0.2) is 54.6 Å². The third kappa shape index (κ3) is 4.49. The summed E-state index contributed by atoms with van der Waals surface area (Å²) in [7, 11) is 1.27. The predicted octanol–water partition coefficient (Wildman–Crippen LogP) is 3.66. The molecule has 3 aromatic rings. The van der Waals surface area contributed by atoms with E-state index in [2.05, 4.69) is 27.3 Å². The van der Waals surface area contributed by atoms with Crippen molar-refractivity contribution < 1.29 is 9.53 Å². The van der Waals surface area contributed by atoms with Crippen molar-refractivity contribution in [2.45, 2.75) is 24.8 Å². The second-order valence-electron chi connectivity index (χ2n) is 7.58. The van der Waals surface area contributed by atoms with E-state index in [-0.39, 0.29) is 6.04 Å². The van der Waals surface area contributed by atoms with E-state index >= 15 is 0 Å². The number of ether oxygens (including phenoxy) is 1. The summed E-state index contributed by atoms with van der Waals surface area (Å²) in [5, 5.41) is 13.1. The van der Waals surface area contributed by atoms with Crippen molar-refractivity contribution in [2.75, 3.05) is 32.1 Å². The first-order chi connectivity index (χ1) is 15.2. The average molecular weight is 415 g/mol. The van der Waals surface area contributed by atoms with Crippen LogP contribution in [-0.4, -0.2) is 47.6 Å². The van der Waals surface area contributed by atoms with Gasteiger partial charge in [-0.3, -0.25) is 9.69 Å². The van der Waals surface area contributed by atoms with Crippen LogP contribution in [0.1, 0.15) is 36.1 Å². The van der Waals surface area contributed by atoms with E-state index in [0.717, 1.165) is 13.1 Å². The third-order valence-corrected chi connectivity index (χ3v) is 5.67. The van der Waals surface area contributed by atoms with Crippen molar-refractivity contribution in [1.82, 2.24) is 14.9 Å². The molecule has 158 valence electrons. The van der Waals surface area contributed by atoms with Crippen LogP contribution < -0.4 is 5.32 Å². The van der Waals surface area contributed by atoms with Crippen LogP contribution in [0.5, 0.6) is 0 Å². The van der Waals surface area contributed by atoms with E-state index < -0.39 is 11.9 Å². The maximum absolute atomic E-state index is 12.3. The Morgan fingerprint density at radius 2 is 1.74 bits per heavy atom. The number of aromatic nitrogens is 2. The summed E-state index contributed by atoms with van der Waals surface area (Å²) in [5.41, 5.74) is 2.84. The first-order valence-corrected chi connectivity index (χ1v) is 10.5. The van der Waals surface area contributed by atoms with Gasteiger partial charge in [0.2, 0.25) is 0 Å². The first-order valence-electron chi connectivity index (χ1n) is 10.5. The number of esters is 1. The van der Waals surface area contributed by atoms with Crippen LogP contribution >= 0.6 is 0 Å². The van der Waals surface area contributed by atoms with Gasteiger partial charge in [-0.05, 0) is 43.6 Å². The standard InChI is InChI=1S/C24H25N5O2/c1-31-24(30)18(15-25)22-23(28-20-12-6-5-11-19(20)27-22)26-16-21(29-13-7-8-14-29)17-9-3-2-4-10-17/h2-6,9-12,18,21H,7-8,13-14,16H2,1H3,(H,26,28)/t18-,21+/m1/s1. The minimum atomic E-state index is -1.15. The number of fused-ring (bicyclic) bond motifs is 1. The molecule has 31 heavy (non-hydrogen) atoms. The number of nitriles is 1. The van der Waals surface area contributed by atoms with Gasteiger partial charge in [-0.15, -0.1) is 0 Å². The van der Waals surface area contributed by atoms with E-state index in [1.807, 2.05) is 48.5 Å². The Morgan fingerprint density at radius 1 is 1.10 bits per heavy atom. The molecule has 0 spiro atoms. The molecule has 1 fully saturated rings. The van der Waals surface area contributed by atoms with Crippen molar-refractivity contribution >= 4 is 22.8 Å². The third-order valence-electron chi connectivity index (χ3n) is 5.67. The molecule has 1 aliphatic rings. The average Bonchev–Trinajstić information content (AvgIpc) is 3.35. The number of methoxy groups -OCH3 is 1. The highest BCUT2D eigenvalue weighted by Gasteiger charge is 2.29. The molecule has 0 bridgehead atoms. The summed E-state index contributed by atoms with van der Waals surface area (Å²) in [5.74, 6) is -1.35. The fourth-order valence-corrected chi connectivity index (χ4v) is 4.07. The molecule has 0 aliphatic carbocycles. The molecular formula is C24H25N5O2. The minimum Gasteiger partial charge on any atom is -0.468 e. The highest BCUT2D eigenvalue weighted by molar-refractivity contribution is 5.84. The number of rotatable bonds is 7. The minimum absolute atomic E-state index is 0.156. The molecule has 7 nitrogen and oxygen atoms in total. The van der Waals surface area contributed by atoms with Crippen molar-refractivity contribution in [1.29, 1.82) is 5.26 Å². The first kappa shape index (κ1) is 20.8. The zero-order valence-corrected chi connectivity index (χ0v) is 17.5. The number of carbonyl (C=O) groups excluding carboxylic acids is 1. The maximum Gasteiger partial charge on any atom is 0.329 e. The Bertz CT molecular complexity index is 1090. The van der Waals surface area contributed by atoms with Crippen molar-refractivity contribution in [3.63, 3.8) is 0 Å². The van der Waals surface area contributed by atoms with Gasteiger partial charge in [-0.25, -0.2) is 9.97 Å². The van der Waals surface area contributed by atoms with Crippen molar-refractivity contribution in [2.24, 2.45) is 0 Å². The van der Waals surface area contributed by atoms with Gasteiger partial charge in [0.05, 0.1) is 30.3 Å². The van der Waals surface area contributed by atoms with Gasteiger partial charge < -0.3 is 10.1 Å². The highest BCUT2D eigenvalue weighted by atomic mass is 16.5. The Kier molecular flexibility index (Phi) is 6.39. The Labute approximate surface area is 181 Å². The molecule has 2 atom stereocenters. The van der Waals surface area contributed by atoms with Gasteiger partial charge in [0.1, 0.15) is 5.69 Å². The molecule has 2 heterocycles. The van der Waals surface area contributed by atoms with Crippen LogP contribution in [0.25, 0.3) is 11.0 Å². The monoisotopic (exact) mass is 415 g/mol. The molecule has 1 saturated heterocycles. The van der Waals surface area contributed by atoms with Gasteiger partial charge in [-0.2, -0.15) is 5.26 Å². The number of nitrogens with zero attached hydrogens (tertiary/aromatic N) is 4.